The zero-order valence-electron chi connectivity index (χ0n) is 11.3. The summed E-state index contributed by atoms with van der Waals surface area (Å²) in [6.45, 7) is 2.06. The molecule has 1 amide bonds. The van der Waals surface area contributed by atoms with Gasteiger partial charge in [0.1, 0.15) is 0 Å². The largest absolute Gasteiger partial charge is 0.358 e. The third kappa shape index (κ3) is 2.12. The van der Waals surface area contributed by atoms with E-state index in [9.17, 15) is 4.79 Å². The van der Waals surface area contributed by atoms with Crippen molar-refractivity contribution in [1.82, 2.24) is 19.9 Å². The second-order valence-electron chi connectivity index (χ2n) is 4.48. The van der Waals surface area contributed by atoms with Crippen LogP contribution in [0.1, 0.15) is 5.56 Å². The Morgan fingerprint density at radius 3 is 2.95 bits per heavy atom. The molecule has 0 atom stereocenters. The fraction of sp³-hybridized carbons (Fsp3) is 0.214. The summed E-state index contributed by atoms with van der Waals surface area (Å²) in [5, 5.41) is 12.9. The fourth-order valence-electron chi connectivity index (χ4n) is 2.17. The molecule has 0 saturated heterocycles. The highest BCUT2D eigenvalue weighted by Crippen LogP contribution is 2.25. The molecule has 20 heavy (non-hydrogen) atoms. The van der Waals surface area contributed by atoms with Gasteiger partial charge in [-0.3, -0.25) is 9.20 Å². The standard InChI is InChI=1S/C14H14N4OS/c1-9-7-12-16-17-14(20-8-13(19)15-2)18(12)11-6-4-3-5-10(9)11/h3-7H,8H2,1-2H3,(H,15,19). The lowest BCUT2D eigenvalue weighted by Gasteiger charge is -2.06. The molecular weight excluding hydrogens is 272 g/mol. The summed E-state index contributed by atoms with van der Waals surface area (Å²) in [4.78, 5) is 11.4. The Labute approximate surface area is 120 Å². The van der Waals surface area contributed by atoms with E-state index in [0.29, 0.717) is 5.75 Å². The first-order valence-corrected chi connectivity index (χ1v) is 7.26. The van der Waals surface area contributed by atoms with Crippen LogP contribution in [0.3, 0.4) is 0 Å². The molecule has 0 saturated carbocycles. The van der Waals surface area contributed by atoms with Crippen LogP contribution in [0.2, 0.25) is 0 Å². The number of thioether (sulfide) groups is 1. The molecular formula is C14H14N4OS. The molecule has 0 unspecified atom stereocenters. The lowest BCUT2D eigenvalue weighted by Crippen LogP contribution is -2.19. The van der Waals surface area contributed by atoms with Crippen LogP contribution in [0, 0.1) is 6.92 Å². The third-order valence-corrected chi connectivity index (χ3v) is 4.11. The Morgan fingerprint density at radius 1 is 1.35 bits per heavy atom. The van der Waals surface area contributed by atoms with Crippen LogP contribution in [0.15, 0.2) is 35.5 Å². The van der Waals surface area contributed by atoms with Crippen LogP contribution in [0.5, 0.6) is 0 Å². The van der Waals surface area contributed by atoms with Crippen molar-refractivity contribution in [3.05, 3.63) is 35.9 Å². The number of nitrogens with zero attached hydrogens (tertiary/aromatic N) is 3. The van der Waals surface area contributed by atoms with Gasteiger partial charge < -0.3 is 5.32 Å². The minimum atomic E-state index is -0.0248. The average Bonchev–Trinajstić information content (AvgIpc) is 2.88. The van der Waals surface area contributed by atoms with Crippen molar-refractivity contribution in [3.63, 3.8) is 0 Å². The molecule has 3 rings (SSSR count). The van der Waals surface area contributed by atoms with Crippen molar-refractivity contribution in [2.75, 3.05) is 12.8 Å². The first kappa shape index (κ1) is 12.9. The molecule has 102 valence electrons. The van der Waals surface area contributed by atoms with Crippen molar-refractivity contribution < 1.29 is 4.79 Å². The van der Waals surface area contributed by atoms with Gasteiger partial charge in [0, 0.05) is 12.4 Å². The molecule has 2 heterocycles. The molecule has 5 nitrogen and oxygen atoms in total. The zero-order valence-corrected chi connectivity index (χ0v) is 12.1. The molecule has 1 N–H and O–H groups in total. The number of hydrogen-bond donors (Lipinski definition) is 1. The van der Waals surface area contributed by atoms with Crippen molar-refractivity contribution in [1.29, 1.82) is 0 Å². The molecule has 0 aliphatic carbocycles. The second kappa shape index (κ2) is 5.13. The Hall–Kier alpha value is -2.08. The van der Waals surface area contributed by atoms with E-state index in [0.717, 1.165) is 16.3 Å². The summed E-state index contributed by atoms with van der Waals surface area (Å²) < 4.78 is 2.00. The second-order valence-corrected chi connectivity index (χ2v) is 5.43. The fourth-order valence-corrected chi connectivity index (χ4v) is 2.99. The molecule has 0 radical (unpaired) electrons. The van der Waals surface area contributed by atoms with E-state index >= 15 is 0 Å². The van der Waals surface area contributed by atoms with Crippen LogP contribution < -0.4 is 5.32 Å². The molecule has 0 aliphatic heterocycles. The van der Waals surface area contributed by atoms with E-state index in [-0.39, 0.29) is 5.91 Å². The minimum absolute atomic E-state index is 0.0248. The van der Waals surface area contributed by atoms with Crippen molar-refractivity contribution in [2.24, 2.45) is 0 Å². The first-order chi connectivity index (χ1) is 9.70. The predicted molar refractivity (Wildman–Crippen MR) is 80.0 cm³/mol. The minimum Gasteiger partial charge on any atom is -0.358 e. The maximum absolute atomic E-state index is 11.4. The maximum atomic E-state index is 11.4. The average molecular weight is 286 g/mol. The summed E-state index contributed by atoms with van der Waals surface area (Å²) in [5.74, 6) is 0.308. The molecule has 0 fully saturated rings. The van der Waals surface area contributed by atoms with Gasteiger partial charge in [0.25, 0.3) is 0 Å². The number of carbonyl (C=O) groups excluding carboxylic acids is 1. The van der Waals surface area contributed by atoms with E-state index in [1.807, 2.05) is 28.7 Å². The molecule has 1 aromatic carbocycles. The number of aryl methyl sites for hydroxylation is 1. The lowest BCUT2D eigenvalue weighted by atomic mass is 10.1. The summed E-state index contributed by atoms with van der Waals surface area (Å²) in [5.41, 5.74) is 3.04. The van der Waals surface area contributed by atoms with Crippen LogP contribution in [0.4, 0.5) is 0 Å². The number of benzene rings is 1. The highest BCUT2D eigenvalue weighted by atomic mass is 32.2. The van der Waals surface area contributed by atoms with Gasteiger partial charge in [-0.2, -0.15) is 0 Å². The van der Waals surface area contributed by atoms with Gasteiger partial charge in [0.05, 0.1) is 11.3 Å². The number of pyridine rings is 1. The van der Waals surface area contributed by atoms with Crippen LogP contribution in [-0.4, -0.2) is 33.3 Å². The lowest BCUT2D eigenvalue weighted by molar-refractivity contribution is -0.118. The van der Waals surface area contributed by atoms with Gasteiger partial charge in [-0.15, -0.1) is 10.2 Å². The number of aromatic nitrogens is 3. The number of para-hydroxylation sites is 1. The van der Waals surface area contributed by atoms with Gasteiger partial charge in [-0.1, -0.05) is 30.0 Å². The zero-order chi connectivity index (χ0) is 14.1. The van der Waals surface area contributed by atoms with Gasteiger partial charge >= 0.3 is 0 Å². The van der Waals surface area contributed by atoms with Gasteiger partial charge in [0.15, 0.2) is 10.8 Å². The Balaban J connectivity index is 2.15. The van der Waals surface area contributed by atoms with Crippen molar-refractivity contribution >= 4 is 34.2 Å². The number of nitrogens with one attached hydrogen (secondary N) is 1. The van der Waals surface area contributed by atoms with E-state index in [4.69, 9.17) is 0 Å². The molecule has 3 aromatic rings. The van der Waals surface area contributed by atoms with Crippen molar-refractivity contribution in [3.8, 4) is 0 Å². The monoisotopic (exact) mass is 286 g/mol. The van der Waals surface area contributed by atoms with E-state index in [2.05, 4.69) is 28.5 Å². The topological polar surface area (TPSA) is 59.3 Å². The summed E-state index contributed by atoms with van der Waals surface area (Å²) in [6, 6.07) is 10.1. The van der Waals surface area contributed by atoms with Crippen molar-refractivity contribution in [2.45, 2.75) is 12.1 Å². The number of fused-ring (bicyclic) bond motifs is 3. The van der Waals surface area contributed by atoms with Gasteiger partial charge in [-0.05, 0) is 24.6 Å². The van der Waals surface area contributed by atoms with E-state index < -0.39 is 0 Å². The predicted octanol–water partition coefficient (Wildman–Crippen LogP) is 2.03. The number of amides is 1. The highest BCUT2D eigenvalue weighted by Gasteiger charge is 2.12. The highest BCUT2D eigenvalue weighted by molar-refractivity contribution is 7.99. The molecule has 0 aliphatic rings. The Kier molecular flexibility index (Phi) is 3.31. The van der Waals surface area contributed by atoms with Crippen LogP contribution >= 0.6 is 11.8 Å². The van der Waals surface area contributed by atoms with Gasteiger partial charge in [0.2, 0.25) is 5.91 Å². The summed E-state index contributed by atoms with van der Waals surface area (Å²) >= 11 is 1.39. The van der Waals surface area contributed by atoms with E-state index in [1.54, 1.807) is 7.05 Å². The first-order valence-electron chi connectivity index (χ1n) is 6.27. The maximum Gasteiger partial charge on any atom is 0.230 e. The van der Waals surface area contributed by atoms with Crippen LogP contribution in [0.25, 0.3) is 16.6 Å². The molecule has 0 bridgehead atoms. The third-order valence-electron chi connectivity index (χ3n) is 3.18. The number of carbonyl (C=O) groups is 1. The molecule has 6 heteroatoms. The molecule has 2 aromatic heterocycles. The smallest absolute Gasteiger partial charge is 0.230 e. The summed E-state index contributed by atoms with van der Waals surface area (Å²) in [6.07, 6.45) is 0. The number of rotatable bonds is 3. The normalized spacial score (nSPS) is 11.1. The Bertz CT molecular complexity index is 796. The van der Waals surface area contributed by atoms with E-state index in [1.165, 1.54) is 22.7 Å². The molecule has 0 spiro atoms. The summed E-state index contributed by atoms with van der Waals surface area (Å²) in [7, 11) is 1.63. The van der Waals surface area contributed by atoms with Crippen LogP contribution in [-0.2, 0) is 4.79 Å². The van der Waals surface area contributed by atoms with Gasteiger partial charge in [-0.25, -0.2) is 0 Å². The number of hydrogen-bond acceptors (Lipinski definition) is 4. The quantitative estimate of drug-likeness (QED) is 0.748. The SMILES string of the molecule is CNC(=O)CSc1nnc2cc(C)c3ccccc3n12. The Morgan fingerprint density at radius 2 is 2.15 bits per heavy atom.